The van der Waals surface area contributed by atoms with Gasteiger partial charge in [0.05, 0.1) is 0 Å². The van der Waals surface area contributed by atoms with E-state index in [2.05, 4.69) is 36.3 Å². The van der Waals surface area contributed by atoms with Crippen LogP contribution in [0.1, 0.15) is 36.4 Å². The smallest absolute Gasteiger partial charge is 0.182 e. The first kappa shape index (κ1) is 13.7. The highest BCUT2D eigenvalue weighted by Gasteiger charge is 2.04. The molecule has 0 spiro atoms. The number of nitrogens with zero attached hydrogens (tertiary/aromatic N) is 2. The van der Waals surface area contributed by atoms with E-state index in [0.717, 1.165) is 25.1 Å². The predicted molar refractivity (Wildman–Crippen MR) is 73.3 cm³/mol. The summed E-state index contributed by atoms with van der Waals surface area (Å²) in [7, 11) is 0. The highest BCUT2D eigenvalue weighted by Crippen LogP contribution is 2.17. The summed E-state index contributed by atoms with van der Waals surface area (Å²) in [6.45, 7) is 6.22. The molecule has 0 aromatic carbocycles. The third kappa shape index (κ3) is 5.01. The molecular weight excluding hydrogens is 230 g/mol. The summed E-state index contributed by atoms with van der Waals surface area (Å²) < 4.78 is 0. The van der Waals surface area contributed by atoms with Gasteiger partial charge in [-0.3, -0.25) is 10.3 Å². The van der Waals surface area contributed by atoms with Gasteiger partial charge in [-0.05, 0) is 38.8 Å². The maximum Gasteiger partial charge on any atom is 0.182 e. The van der Waals surface area contributed by atoms with Gasteiger partial charge in [0.2, 0.25) is 0 Å². The van der Waals surface area contributed by atoms with Crippen LogP contribution in [0.3, 0.4) is 0 Å². The number of thiophene rings is 1. The van der Waals surface area contributed by atoms with Gasteiger partial charge >= 0.3 is 0 Å². The topological polar surface area (TPSA) is 48.2 Å². The maximum absolute atomic E-state index is 8.55. The highest BCUT2D eigenvalue weighted by atomic mass is 32.1. The van der Waals surface area contributed by atoms with Crippen molar-refractivity contribution in [2.45, 2.75) is 46.1 Å². The fraction of sp³-hybridized carbons (Fsp3) is 0.538. The maximum atomic E-state index is 8.55. The van der Waals surface area contributed by atoms with Gasteiger partial charge in [0.1, 0.15) is 5.84 Å². The first-order valence-electron chi connectivity index (χ1n) is 5.92. The van der Waals surface area contributed by atoms with E-state index in [1.807, 2.05) is 24.5 Å². The zero-order valence-electron chi connectivity index (χ0n) is 10.7. The Morgan fingerprint density at radius 2 is 2.35 bits per heavy atom. The fourth-order valence-corrected chi connectivity index (χ4v) is 2.48. The van der Waals surface area contributed by atoms with Crippen LogP contribution in [0.25, 0.3) is 0 Å². The Morgan fingerprint density at radius 1 is 1.59 bits per heavy atom. The number of nitrogens with one attached hydrogen (secondary N) is 1. The zero-order chi connectivity index (χ0) is 12.7. The number of hydrogen-bond acceptors (Lipinski definition) is 3. The average Bonchev–Trinajstić information content (AvgIpc) is 2.72. The van der Waals surface area contributed by atoms with Crippen LogP contribution >= 0.6 is 11.3 Å². The SMILES string of the molecule is CCC(=NC(C)CCc1ccc(C)s1)NC#N. The molecule has 0 saturated heterocycles. The summed E-state index contributed by atoms with van der Waals surface area (Å²) in [6.07, 6.45) is 4.78. The van der Waals surface area contributed by atoms with Crippen LogP contribution in [0.15, 0.2) is 17.1 Å². The minimum Gasteiger partial charge on any atom is -0.281 e. The molecule has 3 nitrogen and oxygen atoms in total. The number of hydrogen-bond donors (Lipinski definition) is 1. The molecule has 0 saturated carbocycles. The Kier molecular flexibility index (Phi) is 5.71. The van der Waals surface area contributed by atoms with E-state index in [-0.39, 0.29) is 6.04 Å². The van der Waals surface area contributed by atoms with Gasteiger partial charge in [-0.2, -0.15) is 5.26 Å². The molecule has 0 fully saturated rings. The second-order valence-electron chi connectivity index (χ2n) is 4.07. The van der Waals surface area contributed by atoms with Crippen molar-refractivity contribution in [2.24, 2.45) is 4.99 Å². The van der Waals surface area contributed by atoms with E-state index in [0.29, 0.717) is 0 Å². The molecule has 1 atom stereocenters. The van der Waals surface area contributed by atoms with Gasteiger partial charge in [-0.1, -0.05) is 6.92 Å². The second kappa shape index (κ2) is 7.08. The lowest BCUT2D eigenvalue weighted by Crippen LogP contribution is -2.19. The monoisotopic (exact) mass is 249 g/mol. The summed E-state index contributed by atoms with van der Waals surface area (Å²) in [5.74, 6) is 0.780. The Labute approximate surface area is 107 Å². The summed E-state index contributed by atoms with van der Waals surface area (Å²) in [6, 6.07) is 4.60. The number of aryl methyl sites for hydroxylation is 2. The van der Waals surface area contributed by atoms with Crippen molar-refractivity contribution in [3.63, 3.8) is 0 Å². The molecule has 1 unspecified atom stereocenters. The normalized spacial score (nSPS) is 13.2. The summed E-state index contributed by atoms with van der Waals surface area (Å²) >= 11 is 1.85. The lowest BCUT2D eigenvalue weighted by Gasteiger charge is -2.07. The van der Waals surface area contributed by atoms with E-state index in [4.69, 9.17) is 5.26 Å². The lowest BCUT2D eigenvalue weighted by atomic mass is 10.1. The molecule has 0 aliphatic rings. The summed E-state index contributed by atoms with van der Waals surface area (Å²) in [4.78, 5) is 7.26. The fourth-order valence-electron chi connectivity index (χ4n) is 1.58. The van der Waals surface area contributed by atoms with E-state index in [1.54, 1.807) is 0 Å². The van der Waals surface area contributed by atoms with Gasteiger partial charge in [0.25, 0.3) is 0 Å². The molecule has 0 bridgehead atoms. The van der Waals surface area contributed by atoms with Crippen LogP contribution in [0.2, 0.25) is 0 Å². The number of aliphatic imine (C=N–C) groups is 1. The zero-order valence-corrected chi connectivity index (χ0v) is 11.5. The van der Waals surface area contributed by atoms with Crippen molar-refractivity contribution in [3.8, 4) is 6.19 Å². The summed E-state index contributed by atoms with van der Waals surface area (Å²) in [5.41, 5.74) is 0. The number of nitriles is 1. The second-order valence-corrected chi connectivity index (χ2v) is 5.44. The molecule has 4 heteroatoms. The van der Waals surface area contributed by atoms with Crippen molar-refractivity contribution < 1.29 is 0 Å². The molecule has 0 aliphatic heterocycles. The van der Waals surface area contributed by atoms with Crippen molar-refractivity contribution >= 4 is 17.2 Å². The third-order valence-corrected chi connectivity index (χ3v) is 3.58. The molecule has 1 N–H and O–H groups in total. The van der Waals surface area contributed by atoms with Crippen LogP contribution in [-0.2, 0) is 6.42 Å². The molecule has 1 heterocycles. The van der Waals surface area contributed by atoms with Crippen LogP contribution in [0, 0.1) is 18.4 Å². The molecule has 1 aromatic heterocycles. The molecule has 0 amide bonds. The number of amidine groups is 1. The summed E-state index contributed by atoms with van der Waals surface area (Å²) in [5, 5.41) is 11.2. The third-order valence-electron chi connectivity index (χ3n) is 2.52. The molecule has 0 radical (unpaired) electrons. The van der Waals surface area contributed by atoms with Gasteiger partial charge in [-0.15, -0.1) is 11.3 Å². The van der Waals surface area contributed by atoms with E-state index < -0.39 is 0 Å². The highest BCUT2D eigenvalue weighted by molar-refractivity contribution is 7.11. The van der Waals surface area contributed by atoms with Crippen LogP contribution in [0.5, 0.6) is 0 Å². The average molecular weight is 249 g/mol. The van der Waals surface area contributed by atoms with Crippen molar-refractivity contribution in [2.75, 3.05) is 0 Å². The van der Waals surface area contributed by atoms with Crippen molar-refractivity contribution in [1.82, 2.24) is 5.32 Å². The van der Waals surface area contributed by atoms with Gasteiger partial charge in [0.15, 0.2) is 6.19 Å². The Morgan fingerprint density at radius 3 is 2.88 bits per heavy atom. The van der Waals surface area contributed by atoms with Gasteiger partial charge < -0.3 is 0 Å². The van der Waals surface area contributed by atoms with Gasteiger partial charge in [-0.25, -0.2) is 0 Å². The largest absolute Gasteiger partial charge is 0.281 e. The molecule has 17 heavy (non-hydrogen) atoms. The van der Waals surface area contributed by atoms with Crippen molar-refractivity contribution in [3.05, 3.63) is 21.9 Å². The van der Waals surface area contributed by atoms with Crippen molar-refractivity contribution in [1.29, 1.82) is 5.26 Å². The molecule has 0 aliphatic carbocycles. The first-order valence-corrected chi connectivity index (χ1v) is 6.74. The Balaban J connectivity index is 2.44. The minimum atomic E-state index is 0.258. The first-order chi connectivity index (χ1) is 8.15. The van der Waals surface area contributed by atoms with E-state index in [9.17, 15) is 0 Å². The standard InChI is InChI=1S/C13H19N3S/c1-4-13(15-9-14)16-10(2)5-7-12-8-6-11(3)17-12/h6,8,10H,4-5,7H2,1-3H3,(H,15,16). The van der Waals surface area contributed by atoms with Crippen LogP contribution in [-0.4, -0.2) is 11.9 Å². The van der Waals surface area contributed by atoms with E-state index in [1.165, 1.54) is 9.75 Å². The molecular formula is C13H19N3S. The van der Waals surface area contributed by atoms with E-state index >= 15 is 0 Å². The Hall–Kier alpha value is -1.34. The van der Waals surface area contributed by atoms with Gasteiger partial charge in [0, 0.05) is 22.2 Å². The molecule has 1 aromatic rings. The van der Waals surface area contributed by atoms with Crippen LogP contribution in [0.4, 0.5) is 0 Å². The number of rotatable bonds is 5. The Bertz CT molecular complexity index is 415. The lowest BCUT2D eigenvalue weighted by molar-refractivity contribution is 0.668. The quantitative estimate of drug-likeness (QED) is 0.377. The molecule has 1 rings (SSSR count). The predicted octanol–water partition coefficient (Wildman–Crippen LogP) is 3.26. The molecule has 92 valence electrons. The van der Waals surface area contributed by atoms with Crippen LogP contribution < -0.4 is 5.32 Å². The minimum absolute atomic E-state index is 0.258.